The number of carbonyl (C=O) groups is 1. The van der Waals surface area contributed by atoms with Crippen molar-refractivity contribution in [3.63, 3.8) is 0 Å². The first-order valence-electron chi connectivity index (χ1n) is 7.97. The molecule has 0 aromatic carbocycles. The molecule has 0 bridgehead atoms. The van der Waals surface area contributed by atoms with Crippen LogP contribution in [0.1, 0.15) is 32.7 Å². The largest absolute Gasteiger partial charge is 0.394 e. The van der Waals surface area contributed by atoms with Gasteiger partial charge in [0.25, 0.3) is 0 Å². The second kappa shape index (κ2) is 8.56. The Morgan fingerprint density at radius 2 is 2.26 bits per heavy atom. The summed E-state index contributed by atoms with van der Waals surface area (Å²) in [6, 6.07) is 1.68. The molecule has 0 spiro atoms. The van der Waals surface area contributed by atoms with Crippen LogP contribution in [0.2, 0.25) is 0 Å². The summed E-state index contributed by atoms with van der Waals surface area (Å²) in [5.74, 6) is 2.69. The molecule has 8 heteroatoms. The van der Waals surface area contributed by atoms with Crippen molar-refractivity contribution in [2.45, 2.75) is 38.3 Å². The Morgan fingerprint density at radius 1 is 1.52 bits per heavy atom. The van der Waals surface area contributed by atoms with Crippen molar-refractivity contribution in [2.24, 2.45) is 0 Å². The standard InChI is InChI=1S/C15H26N4O3S/c1-12(2)19-13(3-6-17-19)18-14(21)16-11-15(22-8-7-20)4-9-23-10-5-15/h3,6,12,20H,4-5,7-11H2,1-2H3,(H2,16,18,21). The highest BCUT2D eigenvalue weighted by Gasteiger charge is 2.33. The summed E-state index contributed by atoms with van der Waals surface area (Å²) >= 11 is 1.89. The molecule has 2 heterocycles. The van der Waals surface area contributed by atoms with Gasteiger partial charge in [0.15, 0.2) is 0 Å². The molecule has 1 saturated heterocycles. The Morgan fingerprint density at radius 3 is 2.91 bits per heavy atom. The third-order valence-corrected chi connectivity index (χ3v) is 4.86. The second-order valence-corrected chi connectivity index (χ2v) is 7.15. The maximum absolute atomic E-state index is 12.2. The minimum absolute atomic E-state index is 0.00530. The molecule has 1 aromatic rings. The van der Waals surface area contributed by atoms with E-state index in [0.717, 1.165) is 24.3 Å². The molecule has 7 nitrogen and oxygen atoms in total. The van der Waals surface area contributed by atoms with E-state index in [1.807, 2.05) is 25.6 Å². The molecule has 1 aromatic heterocycles. The monoisotopic (exact) mass is 342 g/mol. The molecule has 1 fully saturated rings. The summed E-state index contributed by atoms with van der Waals surface area (Å²) in [7, 11) is 0. The molecule has 1 aliphatic heterocycles. The fourth-order valence-corrected chi connectivity index (χ4v) is 3.84. The Labute approximate surface area is 141 Å². The van der Waals surface area contributed by atoms with E-state index in [2.05, 4.69) is 15.7 Å². The highest BCUT2D eigenvalue weighted by Crippen LogP contribution is 2.30. The molecular weight excluding hydrogens is 316 g/mol. The number of nitrogens with zero attached hydrogens (tertiary/aromatic N) is 2. The summed E-state index contributed by atoms with van der Waals surface area (Å²) in [5, 5.41) is 18.9. The number of aliphatic hydroxyl groups excluding tert-OH is 1. The van der Waals surface area contributed by atoms with E-state index in [0.29, 0.717) is 19.0 Å². The average molecular weight is 342 g/mol. The summed E-state index contributed by atoms with van der Waals surface area (Å²) in [5.41, 5.74) is -0.371. The third-order valence-electron chi connectivity index (χ3n) is 3.88. The zero-order chi connectivity index (χ0) is 16.7. The predicted octanol–water partition coefficient (Wildman–Crippen LogP) is 1.86. The summed E-state index contributed by atoms with van der Waals surface area (Å²) < 4.78 is 7.60. The quantitative estimate of drug-likeness (QED) is 0.704. The fourth-order valence-electron chi connectivity index (χ4n) is 2.60. The Hall–Kier alpha value is -1.25. The molecule has 130 valence electrons. The van der Waals surface area contributed by atoms with Gasteiger partial charge in [0.05, 0.1) is 25.0 Å². The summed E-state index contributed by atoms with van der Waals surface area (Å²) in [6.45, 7) is 4.75. The van der Waals surface area contributed by atoms with Crippen LogP contribution in [0.3, 0.4) is 0 Å². The topological polar surface area (TPSA) is 88.4 Å². The summed E-state index contributed by atoms with van der Waals surface area (Å²) in [6.07, 6.45) is 3.42. The number of hydrogen-bond donors (Lipinski definition) is 3. The van der Waals surface area contributed by atoms with E-state index in [1.165, 1.54) is 0 Å². The minimum atomic E-state index is -0.371. The number of urea groups is 1. The summed E-state index contributed by atoms with van der Waals surface area (Å²) in [4.78, 5) is 12.2. The van der Waals surface area contributed by atoms with Gasteiger partial charge in [0.1, 0.15) is 5.82 Å². The predicted molar refractivity (Wildman–Crippen MR) is 92.0 cm³/mol. The van der Waals surface area contributed by atoms with Crippen molar-refractivity contribution in [1.29, 1.82) is 0 Å². The van der Waals surface area contributed by atoms with Crippen LogP contribution in [0, 0.1) is 0 Å². The Bertz CT molecular complexity index is 501. The molecular formula is C15H26N4O3S. The molecule has 0 unspecified atom stereocenters. The molecule has 1 aliphatic rings. The van der Waals surface area contributed by atoms with E-state index in [1.54, 1.807) is 16.9 Å². The maximum Gasteiger partial charge on any atom is 0.320 e. The molecule has 0 atom stereocenters. The smallest absolute Gasteiger partial charge is 0.320 e. The van der Waals surface area contributed by atoms with Crippen LogP contribution >= 0.6 is 11.8 Å². The first-order valence-corrected chi connectivity index (χ1v) is 9.13. The number of carbonyl (C=O) groups excluding carboxylic acids is 1. The van der Waals surface area contributed by atoms with Crippen molar-refractivity contribution in [3.8, 4) is 0 Å². The minimum Gasteiger partial charge on any atom is -0.394 e. The van der Waals surface area contributed by atoms with Gasteiger partial charge in [0.2, 0.25) is 0 Å². The lowest BCUT2D eigenvalue weighted by Crippen LogP contribution is -2.49. The lowest BCUT2D eigenvalue weighted by atomic mass is 9.96. The zero-order valence-electron chi connectivity index (χ0n) is 13.7. The molecule has 3 N–H and O–H groups in total. The molecule has 0 aliphatic carbocycles. The van der Waals surface area contributed by atoms with E-state index in [9.17, 15) is 4.79 Å². The normalized spacial score (nSPS) is 17.2. The average Bonchev–Trinajstić information content (AvgIpc) is 3.00. The first kappa shape index (κ1) is 18.1. The number of aliphatic hydroxyl groups is 1. The highest BCUT2D eigenvalue weighted by molar-refractivity contribution is 7.99. The molecule has 2 amide bonds. The second-order valence-electron chi connectivity index (χ2n) is 5.93. The molecule has 0 saturated carbocycles. The number of nitrogens with one attached hydrogen (secondary N) is 2. The Kier molecular flexibility index (Phi) is 6.73. The van der Waals surface area contributed by atoms with Crippen molar-refractivity contribution < 1.29 is 14.6 Å². The van der Waals surface area contributed by atoms with Crippen LogP contribution < -0.4 is 10.6 Å². The van der Waals surface area contributed by atoms with Gasteiger partial charge >= 0.3 is 6.03 Å². The van der Waals surface area contributed by atoms with Crippen LogP contribution in [0.5, 0.6) is 0 Å². The number of thioether (sulfide) groups is 1. The van der Waals surface area contributed by atoms with Gasteiger partial charge in [-0.25, -0.2) is 9.48 Å². The van der Waals surface area contributed by atoms with Gasteiger partial charge in [-0.3, -0.25) is 5.32 Å². The lowest BCUT2D eigenvalue weighted by molar-refractivity contribution is -0.0601. The van der Waals surface area contributed by atoms with Crippen LogP contribution in [0.4, 0.5) is 10.6 Å². The number of hydrogen-bond acceptors (Lipinski definition) is 5. The van der Waals surface area contributed by atoms with Crippen molar-refractivity contribution >= 4 is 23.6 Å². The molecule has 23 heavy (non-hydrogen) atoms. The first-order chi connectivity index (χ1) is 11.1. The van der Waals surface area contributed by atoms with Gasteiger partial charge in [-0.05, 0) is 38.2 Å². The van der Waals surface area contributed by atoms with Crippen LogP contribution in [0.15, 0.2) is 12.3 Å². The maximum atomic E-state index is 12.2. The highest BCUT2D eigenvalue weighted by atomic mass is 32.2. The van der Waals surface area contributed by atoms with Gasteiger partial charge in [-0.2, -0.15) is 16.9 Å². The SMILES string of the molecule is CC(C)n1nccc1NC(=O)NCC1(OCCO)CCSCC1. The van der Waals surface area contributed by atoms with E-state index in [-0.39, 0.29) is 24.3 Å². The molecule has 0 radical (unpaired) electrons. The van der Waals surface area contributed by atoms with Crippen LogP contribution in [0.25, 0.3) is 0 Å². The third kappa shape index (κ3) is 5.12. The van der Waals surface area contributed by atoms with Gasteiger partial charge < -0.3 is 15.2 Å². The number of aromatic nitrogens is 2. The molecule has 2 rings (SSSR count). The Balaban J connectivity index is 1.89. The number of ether oxygens (including phenoxy) is 1. The number of rotatable bonds is 7. The van der Waals surface area contributed by atoms with Crippen LogP contribution in [-0.2, 0) is 4.74 Å². The van der Waals surface area contributed by atoms with Gasteiger partial charge in [0, 0.05) is 18.7 Å². The van der Waals surface area contributed by atoms with Crippen molar-refractivity contribution in [2.75, 3.05) is 36.6 Å². The van der Waals surface area contributed by atoms with E-state index >= 15 is 0 Å². The van der Waals surface area contributed by atoms with Crippen molar-refractivity contribution in [1.82, 2.24) is 15.1 Å². The van der Waals surface area contributed by atoms with E-state index in [4.69, 9.17) is 9.84 Å². The number of anilines is 1. The lowest BCUT2D eigenvalue weighted by Gasteiger charge is -2.37. The number of amides is 2. The van der Waals surface area contributed by atoms with Crippen molar-refractivity contribution in [3.05, 3.63) is 12.3 Å². The van der Waals surface area contributed by atoms with Crippen LogP contribution in [-0.4, -0.2) is 57.8 Å². The fraction of sp³-hybridized carbons (Fsp3) is 0.733. The van der Waals surface area contributed by atoms with Gasteiger partial charge in [-0.1, -0.05) is 0 Å². The van der Waals surface area contributed by atoms with Gasteiger partial charge in [-0.15, -0.1) is 0 Å². The zero-order valence-corrected chi connectivity index (χ0v) is 14.6. The van der Waals surface area contributed by atoms with E-state index < -0.39 is 0 Å².